The van der Waals surface area contributed by atoms with Crippen LogP contribution in [0, 0.1) is 5.92 Å². The third-order valence-corrected chi connectivity index (χ3v) is 5.75. The highest BCUT2D eigenvalue weighted by Gasteiger charge is 2.54. The van der Waals surface area contributed by atoms with Crippen molar-refractivity contribution in [2.24, 2.45) is 13.0 Å². The summed E-state index contributed by atoms with van der Waals surface area (Å²) in [6, 6.07) is 7.68. The van der Waals surface area contributed by atoms with E-state index in [0.29, 0.717) is 18.8 Å². The second-order valence-electron chi connectivity index (χ2n) is 7.68. The first-order chi connectivity index (χ1) is 12.5. The zero-order valence-corrected chi connectivity index (χ0v) is 15.3. The van der Waals surface area contributed by atoms with Gasteiger partial charge in [0.05, 0.1) is 24.8 Å². The number of carbonyl (C=O) groups is 1. The summed E-state index contributed by atoms with van der Waals surface area (Å²) < 4.78 is 7.03. The number of aliphatic hydroxyl groups is 1. The summed E-state index contributed by atoms with van der Waals surface area (Å²) >= 11 is 0. The Morgan fingerprint density at radius 2 is 2.00 bits per heavy atom. The number of hydrogen-bond donors (Lipinski definition) is 1. The lowest BCUT2D eigenvalue weighted by atomic mass is 9.61. The summed E-state index contributed by atoms with van der Waals surface area (Å²) in [4.78, 5) is 15.1. The molecule has 0 atom stereocenters. The van der Waals surface area contributed by atoms with Gasteiger partial charge in [-0.3, -0.25) is 9.48 Å². The maximum absolute atomic E-state index is 13.2. The van der Waals surface area contributed by atoms with Gasteiger partial charge in [0, 0.05) is 26.3 Å². The Morgan fingerprint density at radius 1 is 1.31 bits per heavy atom. The summed E-state index contributed by atoms with van der Waals surface area (Å²) in [5, 5.41) is 14.1. The van der Waals surface area contributed by atoms with Crippen molar-refractivity contribution >= 4 is 5.91 Å². The summed E-state index contributed by atoms with van der Waals surface area (Å²) in [5.74, 6) is 1.41. The zero-order valence-electron chi connectivity index (χ0n) is 15.3. The molecule has 1 saturated heterocycles. The molecule has 2 heterocycles. The van der Waals surface area contributed by atoms with Crippen molar-refractivity contribution < 1.29 is 14.6 Å². The number of amides is 1. The van der Waals surface area contributed by atoms with Gasteiger partial charge in [-0.25, -0.2) is 0 Å². The van der Waals surface area contributed by atoms with Crippen LogP contribution in [0.5, 0.6) is 5.75 Å². The van der Waals surface area contributed by atoms with Gasteiger partial charge in [0.1, 0.15) is 5.75 Å². The lowest BCUT2D eigenvalue weighted by molar-refractivity contribution is -0.152. The molecular weight excluding hydrogens is 330 g/mol. The van der Waals surface area contributed by atoms with Crippen molar-refractivity contribution in [3.8, 4) is 5.75 Å². The van der Waals surface area contributed by atoms with Crippen molar-refractivity contribution in [3.63, 3.8) is 0 Å². The van der Waals surface area contributed by atoms with Crippen LogP contribution in [0.1, 0.15) is 24.0 Å². The molecule has 0 bridgehead atoms. The molecule has 2 fully saturated rings. The highest BCUT2D eigenvalue weighted by atomic mass is 16.5. The molecule has 1 aliphatic heterocycles. The van der Waals surface area contributed by atoms with Crippen molar-refractivity contribution in [2.75, 3.05) is 20.2 Å². The Hall–Kier alpha value is -2.34. The van der Waals surface area contributed by atoms with Crippen LogP contribution in [-0.2, 0) is 23.7 Å². The average molecular weight is 355 g/mol. The van der Waals surface area contributed by atoms with E-state index in [9.17, 15) is 9.90 Å². The fourth-order valence-electron chi connectivity index (χ4n) is 4.27. The van der Waals surface area contributed by atoms with Gasteiger partial charge in [-0.1, -0.05) is 12.1 Å². The molecule has 1 aromatic heterocycles. The van der Waals surface area contributed by atoms with Gasteiger partial charge in [-0.15, -0.1) is 0 Å². The molecule has 0 spiro atoms. The van der Waals surface area contributed by atoms with Crippen LogP contribution in [0.2, 0.25) is 0 Å². The van der Waals surface area contributed by atoms with E-state index in [1.807, 2.05) is 53.3 Å². The number of aryl methyl sites for hydroxylation is 1. The second kappa shape index (κ2) is 6.43. The van der Waals surface area contributed by atoms with Crippen molar-refractivity contribution in [1.29, 1.82) is 0 Å². The van der Waals surface area contributed by atoms with Gasteiger partial charge < -0.3 is 14.7 Å². The van der Waals surface area contributed by atoms with Crippen LogP contribution in [0.25, 0.3) is 0 Å². The fourth-order valence-corrected chi connectivity index (χ4v) is 4.27. The van der Waals surface area contributed by atoms with Gasteiger partial charge in [0.25, 0.3) is 0 Å². The number of rotatable bonds is 5. The van der Waals surface area contributed by atoms with E-state index in [2.05, 4.69) is 5.10 Å². The first-order valence-electron chi connectivity index (χ1n) is 9.09. The third kappa shape index (κ3) is 2.88. The van der Waals surface area contributed by atoms with Crippen molar-refractivity contribution in [2.45, 2.75) is 30.8 Å². The second-order valence-corrected chi connectivity index (χ2v) is 7.68. The van der Waals surface area contributed by atoms with Crippen LogP contribution in [0.3, 0.4) is 0 Å². The molecule has 1 amide bonds. The standard InChI is InChI=1S/C20H25N3O3/c1-22-11-14(10-21-22)7-15-12-23(13-15)19(25)20(8-17(24)9-20)16-3-5-18(26-2)6-4-16/h3-6,10-11,15,17,24H,7-9,12-13H2,1-2H3. The minimum atomic E-state index is -0.578. The average Bonchev–Trinajstić information content (AvgIpc) is 2.99. The van der Waals surface area contributed by atoms with Crippen molar-refractivity contribution in [1.82, 2.24) is 14.7 Å². The van der Waals surface area contributed by atoms with E-state index in [4.69, 9.17) is 4.74 Å². The molecule has 26 heavy (non-hydrogen) atoms. The Labute approximate surface area is 153 Å². The monoisotopic (exact) mass is 355 g/mol. The van der Waals surface area contributed by atoms with Crippen LogP contribution < -0.4 is 4.74 Å². The number of likely N-dealkylation sites (tertiary alicyclic amines) is 1. The van der Waals surface area contributed by atoms with E-state index in [0.717, 1.165) is 30.8 Å². The molecule has 6 nitrogen and oxygen atoms in total. The molecule has 6 heteroatoms. The number of ether oxygens (including phenoxy) is 1. The molecule has 138 valence electrons. The van der Waals surface area contributed by atoms with Crippen LogP contribution in [0.4, 0.5) is 0 Å². The number of benzene rings is 1. The van der Waals surface area contributed by atoms with Gasteiger partial charge in [0.15, 0.2) is 0 Å². The molecule has 0 radical (unpaired) electrons. The lowest BCUT2D eigenvalue weighted by Gasteiger charge is -2.50. The minimum Gasteiger partial charge on any atom is -0.497 e. The van der Waals surface area contributed by atoms with Crippen LogP contribution in [-0.4, -0.2) is 52.0 Å². The minimum absolute atomic E-state index is 0.149. The Balaban J connectivity index is 1.43. The lowest BCUT2D eigenvalue weighted by Crippen LogP contribution is -2.62. The van der Waals surface area contributed by atoms with Gasteiger partial charge in [-0.05, 0) is 48.4 Å². The fraction of sp³-hybridized carbons (Fsp3) is 0.500. The highest BCUT2D eigenvalue weighted by Crippen LogP contribution is 2.46. The molecular formula is C20H25N3O3. The molecule has 0 unspecified atom stereocenters. The Bertz CT molecular complexity index is 787. The van der Waals surface area contributed by atoms with Crippen molar-refractivity contribution in [3.05, 3.63) is 47.8 Å². The van der Waals surface area contributed by atoms with Crippen LogP contribution in [0.15, 0.2) is 36.7 Å². The third-order valence-electron chi connectivity index (χ3n) is 5.75. The molecule has 1 N–H and O–H groups in total. The topological polar surface area (TPSA) is 67.6 Å². The molecule has 1 aliphatic carbocycles. The maximum Gasteiger partial charge on any atom is 0.233 e. The molecule has 1 saturated carbocycles. The van der Waals surface area contributed by atoms with Gasteiger partial charge >= 0.3 is 0 Å². The number of methoxy groups -OCH3 is 1. The number of aliphatic hydroxyl groups excluding tert-OH is 1. The quantitative estimate of drug-likeness (QED) is 0.883. The number of carbonyl (C=O) groups excluding carboxylic acids is 1. The van der Waals surface area contributed by atoms with Crippen LogP contribution >= 0.6 is 0 Å². The Morgan fingerprint density at radius 3 is 2.54 bits per heavy atom. The van der Waals surface area contributed by atoms with E-state index in [1.54, 1.807) is 7.11 Å². The first kappa shape index (κ1) is 17.1. The van der Waals surface area contributed by atoms with E-state index < -0.39 is 11.5 Å². The SMILES string of the molecule is COc1ccc(C2(C(=O)N3CC(Cc4cnn(C)c4)C3)CC(O)C2)cc1. The predicted octanol–water partition coefficient (Wildman–Crippen LogP) is 1.52. The van der Waals surface area contributed by atoms with E-state index in [1.165, 1.54) is 5.56 Å². The largest absolute Gasteiger partial charge is 0.497 e. The maximum atomic E-state index is 13.2. The smallest absolute Gasteiger partial charge is 0.233 e. The van der Waals surface area contributed by atoms with Gasteiger partial charge in [0.2, 0.25) is 5.91 Å². The molecule has 4 rings (SSSR count). The zero-order chi connectivity index (χ0) is 18.3. The number of hydrogen-bond acceptors (Lipinski definition) is 4. The number of aromatic nitrogens is 2. The molecule has 2 aliphatic rings. The van der Waals surface area contributed by atoms with E-state index in [-0.39, 0.29) is 5.91 Å². The highest BCUT2D eigenvalue weighted by molar-refractivity contribution is 5.90. The summed E-state index contributed by atoms with van der Waals surface area (Å²) in [6.07, 6.45) is 5.49. The Kier molecular flexibility index (Phi) is 4.23. The number of nitrogens with zero attached hydrogens (tertiary/aromatic N) is 3. The van der Waals surface area contributed by atoms with E-state index >= 15 is 0 Å². The van der Waals surface area contributed by atoms with Gasteiger partial charge in [-0.2, -0.15) is 5.10 Å². The predicted molar refractivity (Wildman–Crippen MR) is 96.9 cm³/mol. The molecule has 1 aromatic carbocycles. The summed E-state index contributed by atoms with van der Waals surface area (Å²) in [6.45, 7) is 1.56. The molecule has 2 aromatic rings. The first-order valence-corrected chi connectivity index (χ1v) is 9.09. The normalized spacial score (nSPS) is 25.5. The summed E-state index contributed by atoms with van der Waals surface area (Å²) in [7, 11) is 3.55. The summed E-state index contributed by atoms with van der Waals surface area (Å²) in [5.41, 5.74) is 1.61.